The molecule has 1 saturated heterocycles. The van der Waals surface area contributed by atoms with Crippen LogP contribution in [-0.2, 0) is 4.74 Å². The summed E-state index contributed by atoms with van der Waals surface area (Å²) in [5, 5.41) is 3.51. The summed E-state index contributed by atoms with van der Waals surface area (Å²) in [7, 11) is 0. The zero-order valence-electron chi connectivity index (χ0n) is 13.8. The molecule has 2 heterocycles. The van der Waals surface area contributed by atoms with Crippen LogP contribution in [-0.4, -0.2) is 53.8 Å². The van der Waals surface area contributed by atoms with E-state index < -0.39 is 0 Å². The molecule has 1 fully saturated rings. The molecule has 1 aliphatic heterocycles. The van der Waals surface area contributed by atoms with Crippen LogP contribution in [0.5, 0.6) is 0 Å². The lowest BCUT2D eigenvalue weighted by Crippen LogP contribution is -2.42. The molecule has 0 radical (unpaired) electrons. The van der Waals surface area contributed by atoms with E-state index in [2.05, 4.69) is 27.1 Å². The summed E-state index contributed by atoms with van der Waals surface area (Å²) in [4.78, 5) is 11.6. The van der Waals surface area contributed by atoms with Gasteiger partial charge in [0.2, 0.25) is 0 Å². The van der Waals surface area contributed by atoms with Gasteiger partial charge in [-0.05, 0) is 13.8 Å². The number of aryl methyl sites for hydroxylation is 1. The molecule has 122 valence electrons. The zero-order valence-corrected chi connectivity index (χ0v) is 13.8. The monoisotopic (exact) mass is 312 g/mol. The van der Waals surface area contributed by atoms with Gasteiger partial charge in [0.25, 0.3) is 0 Å². The highest BCUT2D eigenvalue weighted by atomic mass is 16.5. The maximum absolute atomic E-state index is 5.40. The number of nitrogens with one attached hydrogen (secondary N) is 1. The van der Waals surface area contributed by atoms with Gasteiger partial charge < -0.3 is 10.1 Å². The highest BCUT2D eigenvalue weighted by Crippen LogP contribution is 2.18. The molecule has 1 unspecified atom stereocenters. The Balaban J connectivity index is 1.68. The van der Waals surface area contributed by atoms with E-state index in [0.29, 0.717) is 6.04 Å². The molecule has 1 N–H and O–H groups in total. The molecule has 5 nitrogen and oxygen atoms in total. The molecule has 2 aromatic rings. The van der Waals surface area contributed by atoms with Crippen LogP contribution in [0.1, 0.15) is 12.6 Å². The van der Waals surface area contributed by atoms with Gasteiger partial charge in [-0.2, -0.15) is 0 Å². The van der Waals surface area contributed by atoms with Crippen molar-refractivity contribution in [1.29, 1.82) is 0 Å². The summed E-state index contributed by atoms with van der Waals surface area (Å²) < 4.78 is 5.40. The fraction of sp³-hybridized carbons (Fsp3) is 0.444. The minimum Gasteiger partial charge on any atom is -0.379 e. The summed E-state index contributed by atoms with van der Waals surface area (Å²) >= 11 is 0. The molecule has 23 heavy (non-hydrogen) atoms. The van der Waals surface area contributed by atoms with Crippen LogP contribution in [0, 0.1) is 6.92 Å². The van der Waals surface area contributed by atoms with Crippen LogP contribution >= 0.6 is 0 Å². The van der Waals surface area contributed by atoms with Gasteiger partial charge in [-0.25, -0.2) is 9.97 Å². The minimum absolute atomic E-state index is 0.325. The Kier molecular flexibility index (Phi) is 5.20. The van der Waals surface area contributed by atoms with Crippen molar-refractivity contribution in [2.45, 2.75) is 19.9 Å². The highest BCUT2D eigenvalue weighted by Gasteiger charge is 2.14. The second kappa shape index (κ2) is 7.53. The van der Waals surface area contributed by atoms with Gasteiger partial charge in [0.15, 0.2) is 5.82 Å². The normalized spacial score (nSPS) is 17.0. The Labute approximate surface area is 137 Å². The quantitative estimate of drug-likeness (QED) is 0.919. The number of aromatic nitrogens is 2. The van der Waals surface area contributed by atoms with Gasteiger partial charge in [-0.3, -0.25) is 4.90 Å². The molecule has 5 heteroatoms. The zero-order chi connectivity index (χ0) is 16.1. The van der Waals surface area contributed by atoms with E-state index in [-0.39, 0.29) is 0 Å². The van der Waals surface area contributed by atoms with Crippen LogP contribution in [0.4, 0.5) is 5.82 Å². The SMILES string of the molecule is Cc1cc(NC(C)CN2CCOCC2)nc(-c2ccccc2)n1. The standard InChI is InChI=1S/C18H24N4O/c1-14-12-17(19-15(2)13-22-8-10-23-11-9-22)21-18(20-14)16-6-4-3-5-7-16/h3-7,12,15H,8-11,13H2,1-2H3,(H,19,20,21). The fourth-order valence-electron chi connectivity index (χ4n) is 2.83. The second-order valence-electron chi connectivity index (χ2n) is 6.04. The van der Waals surface area contributed by atoms with E-state index in [4.69, 9.17) is 4.74 Å². The molecule has 0 aliphatic carbocycles. The average molecular weight is 312 g/mol. The molecule has 3 rings (SSSR count). The predicted octanol–water partition coefficient (Wildman–Crippen LogP) is 2.58. The lowest BCUT2D eigenvalue weighted by atomic mass is 10.2. The minimum atomic E-state index is 0.325. The van der Waals surface area contributed by atoms with Crippen LogP contribution in [0.3, 0.4) is 0 Å². The fourth-order valence-corrected chi connectivity index (χ4v) is 2.83. The first kappa shape index (κ1) is 15.9. The molecule has 0 spiro atoms. The molecule has 0 amide bonds. The first-order valence-electron chi connectivity index (χ1n) is 8.18. The topological polar surface area (TPSA) is 50.3 Å². The lowest BCUT2D eigenvalue weighted by molar-refractivity contribution is 0.0368. The van der Waals surface area contributed by atoms with Crippen molar-refractivity contribution in [3.63, 3.8) is 0 Å². The van der Waals surface area contributed by atoms with E-state index in [1.165, 1.54) is 0 Å². The largest absolute Gasteiger partial charge is 0.379 e. The summed E-state index contributed by atoms with van der Waals surface area (Å²) in [5.41, 5.74) is 2.01. The van der Waals surface area contributed by atoms with Crippen molar-refractivity contribution in [3.05, 3.63) is 42.1 Å². The van der Waals surface area contributed by atoms with Gasteiger partial charge in [-0.1, -0.05) is 30.3 Å². The first-order valence-corrected chi connectivity index (χ1v) is 8.18. The van der Waals surface area contributed by atoms with Crippen LogP contribution in [0.15, 0.2) is 36.4 Å². The molecule has 1 aromatic heterocycles. The summed E-state index contributed by atoms with van der Waals surface area (Å²) in [6, 6.07) is 12.4. The molecular weight excluding hydrogens is 288 g/mol. The number of hydrogen-bond donors (Lipinski definition) is 1. The Morgan fingerprint density at radius 1 is 1.17 bits per heavy atom. The van der Waals surface area contributed by atoms with Crippen LogP contribution in [0.25, 0.3) is 11.4 Å². The number of benzene rings is 1. The van der Waals surface area contributed by atoms with Crippen molar-refractivity contribution in [3.8, 4) is 11.4 Å². The number of morpholine rings is 1. The highest BCUT2D eigenvalue weighted by molar-refractivity contribution is 5.57. The summed E-state index contributed by atoms with van der Waals surface area (Å²) in [5.74, 6) is 1.66. The van der Waals surface area contributed by atoms with E-state index in [9.17, 15) is 0 Å². The molecule has 0 bridgehead atoms. The smallest absolute Gasteiger partial charge is 0.161 e. The molecular formula is C18H24N4O. The number of rotatable bonds is 5. The van der Waals surface area contributed by atoms with Crippen molar-refractivity contribution >= 4 is 5.82 Å². The third-order valence-electron chi connectivity index (χ3n) is 3.92. The molecule has 1 aliphatic rings. The van der Waals surface area contributed by atoms with Crippen LogP contribution < -0.4 is 5.32 Å². The lowest BCUT2D eigenvalue weighted by Gasteiger charge is -2.29. The second-order valence-corrected chi connectivity index (χ2v) is 6.04. The van der Waals surface area contributed by atoms with E-state index in [1.54, 1.807) is 0 Å². The van der Waals surface area contributed by atoms with Gasteiger partial charge >= 0.3 is 0 Å². The predicted molar refractivity (Wildman–Crippen MR) is 92.5 cm³/mol. The summed E-state index contributed by atoms with van der Waals surface area (Å²) in [6.07, 6.45) is 0. The van der Waals surface area contributed by atoms with E-state index >= 15 is 0 Å². The maximum Gasteiger partial charge on any atom is 0.161 e. The van der Waals surface area contributed by atoms with Crippen LogP contribution in [0.2, 0.25) is 0 Å². The van der Waals surface area contributed by atoms with Gasteiger partial charge in [-0.15, -0.1) is 0 Å². The molecule has 1 aromatic carbocycles. The number of ether oxygens (including phenoxy) is 1. The third kappa shape index (κ3) is 4.50. The van der Waals surface area contributed by atoms with Crippen molar-refractivity contribution in [2.24, 2.45) is 0 Å². The Hall–Kier alpha value is -1.98. The Morgan fingerprint density at radius 3 is 2.65 bits per heavy atom. The third-order valence-corrected chi connectivity index (χ3v) is 3.92. The average Bonchev–Trinajstić information content (AvgIpc) is 2.56. The van der Waals surface area contributed by atoms with Gasteiger partial charge in [0.1, 0.15) is 5.82 Å². The number of anilines is 1. The summed E-state index contributed by atoms with van der Waals surface area (Å²) in [6.45, 7) is 8.86. The first-order chi connectivity index (χ1) is 11.2. The number of hydrogen-bond acceptors (Lipinski definition) is 5. The Bertz CT molecular complexity index is 626. The Morgan fingerprint density at radius 2 is 1.91 bits per heavy atom. The van der Waals surface area contributed by atoms with E-state index in [0.717, 1.165) is 55.7 Å². The molecule has 0 saturated carbocycles. The van der Waals surface area contributed by atoms with Gasteiger partial charge in [0.05, 0.1) is 13.2 Å². The van der Waals surface area contributed by atoms with Crippen molar-refractivity contribution in [1.82, 2.24) is 14.9 Å². The van der Waals surface area contributed by atoms with Gasteiger partial charge in [0, 0.05) is 43.0 Å². The molecule has 1 atom stereocenters. The van der Waals surface area contributed by atoms with Crippen molar-refractivity contribution < 1.29 is 4.74 Å². The number of nitrogens with zero attached hydrogens (tertiary/aromatic N) is 3. The van der Waals surface area contributed by atoms with E-state index in [1.807, 2.05) is 43.3 Å². The maximum atomic E-state index is 5.40. The van der Waals surface area contributed by atoms with Crippen molar-refractivity contribution in [2.75, 3.05) is 38.2 Å².